The zero-order valence-corrected chi connectivity index (χ0v) is 15.4. The van der Waals surface area contributed by atoms with Gasteiger partial charge >= 0.3 is 0 Å². The highest BCUT2D eigenvalue weighted by Crippen LogP contribution is 2.15. The van der Waals surface area contributed by atoms with Crippen molar-refractivity contribution in [2.24, 2.45) is 0 Å². The highest BCUT2D eigenvalue weighted by Gasteiger charge is 2.23. The molecule has 0 aliphatic carbocycles. The van der Waals surface area contributed by atoms with Crippen LogP contribution in [-0.4, -0.2) is 49.6 Å². The van der Waals surface area contributed by atoms with Gasteiger partial charge in [-0.05, 0) is 42.9 Å². The first-order valence-corrected chi connectivity index (χ1v) is 8.88. The molecule has 1 saturated heterocycles. The summed E-state index contributed by atoms with van der Waals surface area (Å²) >= 11 is 0. The molecule has 1 heterocycles. The quantitative estimate of drug-likeness (QED) is 0.806. The Balaban J connectivity index is 1.84. The van der Waals surface area contributed by atoms with Crippen LogP contribution in [0.15, 0.2) is 30.3 Å². The third-order valence-electron chi connectivity index (χ3n) is 4.63. The molecule has 1 N–H and O–H groups in total. The van der Waals surface area contributed by atoms with Crippen LogP contribution in [0.4, 0.5) is 0 Å². The maximum absolute atomic E-state index is 12.2. The Hall–Kier alpha value is -2.14. The molecule has 1 aromatic carbocycles. The highest BCUT2D eigenvalue weighted by molar-refractivity contribution is 5.95. The third-order valence-corrected chi connectivity index (χ3v) is 4.63. The molecule has 2 rings (SSSR count). The van der Waals surface area contributed by atoms with Crippen molar-refractivity contribution in [3.8, 4) is 0 Å². The number of piperidine rings is 1. The molecule has 1 aromatic rings. The van der Waals surface area contributed by atoms with E-state index in [1.807, 2.05) is 6.92 Å². The Bertz CT molecular complexity index is 614. The number of benzene rings is 1. The number of nitrogens with zero attached hydrogens (tertiary/aromatic N) is 1. The van der Waals surface area contributed by atoms with Crippen LogP contribution in [-0.2, 0) is 20.7 Å². The smallest absolute Gasteiger partial charge is 0.248 e. The molecule has 0 atom stereocenters. The van der Waals surface area contributed by atoms with Gasteiger partial charge in [0, 0.05) is 32.3 Å². The van der Waals surface area contributed by atoms with Gasteiger partial charge in [-0.25, -0.2) is 0 Å². The van der Waals surface area contributed by atoms with Crippen LogP contribution in [0.25, 0.3) is 5.57 Å². The average molecular weight is 344 g/mol. The average Bonchev–Trinajstić information content (AvgIpc) is 2.62. The van der Waals surface area contributed by atoms with Gasteiger partial charge in [0.15, 0.2) is 0 Å². The first-order valence-electron chi connectivity index (χ1n) is 8.88. The van der Waals surface area contributed by atoms with Crippen LogP contribution in [0.1, 0.15) is 37.8 Å². The Kier molecular flexibility index (Phi) is 7.19. The molecule has 1 aliphatic heterocycles. The molecule has 1 aliphatic rings. The van der Waals surface area contributed by atoms with Crippen molar-refractivity contribution in [1.29, 1.82) is 0 Å². The molecule has 5 nitrogen and oxygen atoms in total. The van der Waals surface area contributed by atoms with E-state index in [4.69, 9.17) is 4.74 Å². The van der Waals surface area contributed by atoms with E-state index in [-0.39, 0.29) is 24.5 Å². The number of amides is 2. The van der Waals surface area contributed by atoms with E-state index in [0.717, 1.165) is 30.4 Å². The molecule has 25 heavy (non-hydrogen) atoms. The van der Waals surface area contributed by atoms with E-state index in [2.05, 4.69) is 36.5 Å². The fourth-order valence-electron chi connectivity index (χ4n) is 3.01. The number of carbonyl (C=O) groups is 2. The van der Waals surface area contributed by atoms with Gasteiger partial charge in [0.2, 0.25) is 11.8 Å². The number of carbonyl (C=O) groups excluding carboxylic acids is 2. The lowest BCUT2D eigenvalue weighted by Crippen LogP contribution is -2.47. The van der Waals surface area contributed by atoms with Crippen LogP contribution in [0.5, 0.6) is 0 Å². The molecule has 0 aromatic heterocycles. The number of nitrogens with one attached hydrogen (secondary N) is 1. The standard InChI is InChI=1S/C20H28N2O3/c1-4-16-5-7-17(8-6-16)15(2)13-19(23)21-18-9-11-22(12-10-18)20(24)14-25-3/h5-8,13,18H,4,9-12,14H2,1-3H3,(H,21,23)/b15-13+. The van der Waals surface area contributed by atoms with Gasteiger partial charge in [-0.1, -0.05) is 31.2 Å². The summed E-state index contributed by atoms with van der Waals surface area (Å²) in [6.07, 6.45) is 4.22. The topological polar surface area (TPSA) is 58.6 Å². The zero-order valence-electron chi connectivity index (χ0n) is 15.4. The zero-order chi connectivity index (χ0) is 18.2. The van der Waals surface area contributed by atoms with Crippen molar-refractivity contribution < 1.29 is 14.3 Å². The van der Waals surface area contributed by atoms with Gasteiger partial charge in [-0.2, -0.15) is 0 Å². The molecule has 1 fully saturated rings. The number of hydrogen-bond donors (Lipinski definition) is 1. The second-order valence-corrected chi connectivity index (χ2v) is 6.47. The minimum absolute atomic E-state index is 0.0125. The van der Waals surface area contributed by atoms with E-state index in [1.165, 1.54) is 12.7 Å². The molecule has 2 amide bonds. The lowest BCUT2D eigenvalue weighted by Gasteiger charge is -2.32. The maximum atomic E-state index is 12.2. The predicted octanol–water partition coefficient (Wildman–Crippen LogP) is 2.41. The van der Waals surface area contributed by atoms with Gasteiger partial charge in [-0.15, -0.1) is 0 Å². The summed E-state index contributed by atoms with van der Waals surface area (Å²) in [4.78, 5) is 25.8. The summed E-state index contributed by atoms with van der Waals surface area (Å²) in [5.74, 6) is -0.0581. The summed E-state index contributed by atoms with van der Waals surface area (Å²) in [5.41, 5.74) is 3.30. The largest absolute Gasteiger partial charge is 0.375 e. The Labute approximate surface area is 150 Å². The maximum Gasteiger partial charge on any atom is 0.248 e. The molecule has 0 bridgehead atoms. The number of allylic oxidation sites excluding steroid dienone is 1. The number of rotatable bonds is 6. The van der Waals surface area contributed by atoms with E-state index >= 15 is 0 Å². The summed E-state index contributed by atoms with van der Waals surface area (Å²) in [5, 5.41) is 3.05. The Morgan fingerprint density at radius 1 is 1.24 bits per heavy atom. The van der Waals surface area contributed by atoms with Crippen molar-refractivity contribution in [2.75, 3.05) is 26.8 Å². The molecule has 136 valence electrons. The van der Waals surface area contributed by atoms with Crippen LogP contribution in [0.3, 0.4) is 0 Å². The van der Waals surface area contributed by atoms with Crippen LogP contribution in [0, 0.1) is 0 Å². The lowest BCUT2D eigenvalue weighted by atomic mass is 10.0. The Morgan fingerprint density at radius 3 is 2.44 bits per heavy atom. The van der Waals surface area contributed by atoms with Crippen molar-refractivity contribution in [3.63, 3.8) is 0 Å². The summed E-state index contributed by atoms with van der Waals surface area (Å²) in [7, 11) is 1.52. The molecule has 5 heteroatoms. The fourth-order valence-corrected chi connectivity index (χ4v) is 3.01. The first kappa shape index (κ1) is 19.2. The van der Waals surface area contributed by atoms with E-state index in [0.29, 0.717) is 13.1 Å². The van der Waals surface area contributed by atoms with Crippen LogP contribution >= 0.6 is 0 Å². The second kappa shape index (κ2) is 9.37. The summed E-state index contributed by atoms with van der Waals surface area (Å²) in [6.45, 7) is 5.52. The normalized spacial score (nSPS) is 16.0. The number of hydrogen-bond acceptors (Lipinski definition) is 3. The minimum Gasteiger partial charge on any atom is -0.375 e. The van der Waals surface area contributed by atoms with E-state index < -0.39 is 0 Å². The van der Waals surface area contributed by atoms with Crippen molar-refractivity contribution in [1.82, 2.24) is 10.2 Å². The minimum atomic E-state index is -0.0706. The van der Waals surface area contributed by atoms with E-state index in [1.54, 1.807) is 11.0 Å². The molecule has 0 saturated carbocycles. The molecule has 0 radical (unpaired) electrons. The predicted molar refractivity (Wildman–Crippen MR) is 99.1 cm³/mol. The third kappa shape index (κ3) is 5.71. The van der Waals surface area contributed by atoms with E-state index in [9.17, 15) is 9.59 Å². The van der Waals surface area contributed by atoms with Gasteiger partial charge in [0.25, 0.3) is 0 Å². The summed E-state index contributed by atoms with van der Waals surface area (Å²) < 4.78 is 4.88. The van der Waals surface area contributed by atoms with Crippen LogP contribution < -0.4 is 5.32 Å². The number of aryl methyl sites for hydroxylation is 1. The van der Waals surface area contributed by atoms with Gasteiger partial charge in [0.1, 0.15) is 6.61 Å². The van der Waals surface area contributed by atoms with Gasteiger partial charge in [0.05, 0.1) is 0 Å². The molecule has 0 spiro atoms. The van der Waals surface area contributed by atoms with Gasteiger partial charge < -0.3 is 15.0 Å². The molecule has 0 unspecified atom stereocenters. The Morgan fingerprint density at radius 2 is 1.88 bits per heavy atom. The molecular weight excluding hydrogens is 316 g/mol. The van der Waals surface area contributed by atoms with Crippen LogP contribution in [0.2, 0.25) is 0 Å². The van der Waals surface area contributed by atoms with Crippen molar-refractivity contribution in [2.45, 2.75) is 39.2 Å². The van der Waals surface area contributed by atoms with Gasteiger partial charge in [-0.3, -0.25) is 9.59 Å². The first-order chi connectivity index (χ1) is 12.0. The number of likely N-dealkylation sites (tertiary alicyclic amines) is 1. The number of methoxy groups -OCH3 is 1. The highest BCUT2D eigenvalue weighted by atomic mass is 16.5. The fraction of sp³-hybridized carbons (Fsp3) is 0.500. The summed E-state index contributed by atoms with van der Waals surface area (Å²) in [6, 6.07) is 8.41. The SMILES string of the molecule is CCc1ccc(/C(C)=C/C(=O)NC2CCN(C(=O)COC)CC2)cc1. The number of ether oxygens (including phenoxy) is 1. The monoisotopic (exact) mass is 344 g/mol. The van der Waals surface area contributed by atoms with Crippen molar-refractivity contribution in [3.05, 3.63) is 41.5 Å². The second-order valence-electron chi connectivity index (χ2n) is 6.47. The lowest BCUT2D eigenvalue weighted by molar-refractivity contribution is -0.136. The molecular formula is C20H28N2O3. The van der Waals surface area contributed by atoms with Crippen molar-refractivity contribution >= 4 is 17.4 Å².